The molecule has 0 fully saturated rings. The topological polar surface area (TPSA) is 90.7 Å². The first-order valence-electron chi connectivity index (χ1n) is 7.30. The number of hydrogen-bond acceptors (Lipinski definition) is 5. The van der Waals surface area contributed by atoms with E-state index in [2.05, 4.69) is 20.6 Å². The van der Waals surface area contributed by atoms with E-state index in [1.165, 1.54) is 24.5 Å². The summed E-state index contributed by atoms with van der Waals surface area (Å²) in [5.41, 5.74) is 1.87. The minimum Gasteiger partial charge on any atom is -0.339 e. The van der Waals surface area contributed by atoms with Gasteiger partial charge in [-0.15, -0.1) is 0 Å². The van der Waals surface area contributed by atoms with Gasteiger partial charge >= 0.3 is 0 Å². The van der Waals surface area contributed by atoms with Crippen molar-refractivity contribution in [2.75, 3.05) is 10.6 Å². The first-order chi connectivity index (χ1) is 12.1. The van der Waals surface area contributed by atoms with E-state index in [1.807, 2.05) is 6.07 Å². The molecule has 6 nitrogen and oxygen atoms in total. The number of aromatic nitrogens is 2. The van der Waals surface area contributed by atoms with Crippen LogP contribution in [0.25, 0.3) is 0 Å². The van der Waals surface area contributed by atoms with Crippen LogP contribution in [0.5, 0.6) is 0 Å². The number of amides is 1. The SMILES string of the molecule is N#Cc1ccc(NC(=O)c2cnc(Nc3ccc(F)cc3)cn2)cc1. The molecule has 0 bridgehead atoms. The average Bonchev–Trinajstić information content (AvgIpc) is 2.65. The van der Waals surface area contributed by atoms with Crippen LogP contribution in [0.2, 0.25) is 0 Å². The fourth-order valence-electron chi connectivity index (χ4n) is 2.01. The second-order valence-electron chi connectivity index (χ2n) is 5.06. The van der Waals surface area contributed by atoms with Crippen LogP contribution in [-0.4, -0.2) is 15.9 Å². The molecular weight excluding hydrogens is 321 g/mol. The van der Waals surface area contributed by atoms with Gasteiger partial charge in [0.15, 0.2) is 0 Å². The number of halogens is 1. The number of rotatable bonds is 4. The number of carbonyl (C=O) groups is 1. The molecule has 1 aromatic heterocycles. The van der Waals surface area contributed by atoms with Crippen molar-refractivity contribution in [1.82, 2.24) is 9.97 Å². The third-order valence-electron chi connectivity index (χ3n) is 3.27. The van der Waals surface area contributed by atoms with E-state index in [0.29, 0.717) is 22.8 Å². The zero-order valence-electron chi connectivity index (χ0n) is 12.9. The number of hydrogen-bond donors (Lipinski definition) is 2. The first-order valence-corrected chi connectivity index (χ1v) is 7.30. The zero-order valence-corrected chi connectivity index (χ0v) is 12.9. The lowest BCUT2D eigenvalue weighted by Gasteiger charge is -2.07. The van der Waals surface area contributed by atoms with Gasteiger partial charge in [0, 0.05) is 11.4 Å². The molecular formula is C18H12FN5O. The van der Waals surface area contributed by atoms with Crippen LogP contribution in [0, 0.1) is 17.1 Å². The molecule has 7 heteroatoms. The van der Waals surface area contributed by atoms with Crippen molar-refractivity contribution in [3.05, 3.63) is 78.0 Å². The molecule has 1 amide bonds. The third kappa shape index (κ3) is 4.14. The van der Waals surface area contributed by atoms with E-state index >= 15 is 0 Å². The summed E-state index contributed by atoms with van der Waals surface area (Å²) in [4.78, 5) is 20.3. The Morgan fingerprint density at radius 1 is 0.960 bits per heavy atom. The summed E-state index contributed by atoms with van der Waals surface area (Å²) in [6.07, 6.45) is 2.75. The molecule has 25 heavy (non-hydrogen) atoms. The van der Waals surface area contributed by atoms with Crippen molar-refractivity contribution >= 4 is 23.1 Å². The summed E-state index contributed by atoms with van der Waals surface area (Å²) in [7, 11) is 0. The van der Waals surface area contributed by atoms with Gasteiger partial charge in [0.05, 0.1) is 24.0 Å². The lowest BCUT2D eigenvalue weighted by atomic mass is 10.2. The van der Waals surface area contributed by atoms with Crippen LogP contribution in [0.3, 0.4) is 0 Å². The van der Waals surface area contributed by atoms with E-state index < -0.39 is 5.91 Å². The van der Waals surface area contributed by atoms with Gasteiger partial charge in [-0.2, -0.15) is 5.26 Å². The Bertz CT molecular complexity index is 916. The second-order valence-corrected chi connectivity index (χ2v) is 5.06. The highest BCUT2D eigenvalue weighted by atomic mass is 19.1. The molecule has 0 aliphatic heterocycles. The Labute approximate surface area is 143 Å². The molecule has 0 aliphatic carbocycles. The maximum absolute atomic E-state index is 12.9. The standard InChI is InChI=1S/C18H12FN5O/c19-13-3-7-14(8-4-13)23-17-11-21-16(10-22-17)18(25)24-15-5-1-12(9-20)2-6-15/h1-8,10-11H,(H,22,23)(H,24,25). The van der Waals surface area contributed by atoms with Crippen molar-refractivity contribution in [3.63, 3.8) is 0 Å². The van der Waals surface area contributed by atoms with Crippen LogP contribution < -0.4 is 10.6 Å². The third-order valence-corrected chi connectivity index (χ3v) is 3.27. The van der Waals surface area contributed by atoms with E-state index in [0.717, 1.165) is 0 Å². The molecule has 3 rings (SSSR count). The van der Waals surface area contributed by atoms with Crippen LogP contribution in [0.1, 0.15) is 16.1 Å². The summed E-state index contributed by atoms with van der Waals surface area (Å²) >= 11 is 0. The first kappa shape index (κ1) is 16.1. The average molecular weight is 333 g/mol. The lowest BCUT2D eigenvalue weighted by Crippen LogP contribution is -2.14. The Morgan fingerprint density at radius 3 is 2.24 bits per heavy atom. The zero-order chi connectivity index (χ0) is 17.6. The second kappa shape index (κ2) is 7.19. The number of carbonyl (C=O) groups excluding carboxylic acids is 1. The van der Waals surface area contributed by atoms with Gasteiger partial charge in [0.25, 0.3) is 5.91 Å². The summed E-state index contributed by atoms with van der Waals surface area (Å²) in [6.45, 7) is 0. The number of nitrogens with one attached hydrogen (secondary N) is 2. The number of anilines is 3. The molecule has 3 aromatic rings. The summed E-state index contributed by atoms with van der Waals surface area (Å²) in [6, 6.07) is 14.3. The van der Waals surface area contributed by atoms with E-state index in [4.69, 9.17) is 5.26 Å². The highest BCUT2D eigenvalue weighted by molar-refractivity contribution is 6.02. The molecule has 0 unspecified atom stereocenters. The van der Waals surface area contributed by atoms with Crippen molar-refractivity contribution in [2.24, 2.45) is 0 Å². The predicted octanol–water partition coefficient (Wildman–Crippen LogP) is 3.48. The number of nitrogens with zero attached hydrogens (tertiary/aromatic N) is 3. The smallest absolute Gasteiger partial charge is 0.275 e. The van der Waals surface area contributed by atoms with Crippen molar-refractivity contribution in [3.8, 4) is 6.07 Å². The van der Waals surface area contributed by atoms with Crippen molar-refractivity contribution in [1.29, 1.82) is 5.26 Å². The molecule has 2 N–H and O–H groups in total. The highest BCUT2D eigenvalue weighted by Crippen LogP contribution is 2.15. The van der Waals surface area contributed by atoms with Crippen molar-refractivity contribution < 1.29 is 9.18 Å². The number of benzene rings is 2. The molecule has 1 heterocycles. The molecule has 0 radical (unpaired) electrons. The van der Waals surface area contributed by atoms with Crippen LogP contribution in [-0.2, 0) is 0 Å². The molecule has 2 aromatic carbocycles. The van der Waals surface area contributed by atoms with E-state index in [-0.39, 0.29) is 11.5 Å². The maximum atomic E-state index is 12.9. The molecule has 0 spiro atoms. The maximum Gasteiger partial charge on any atom is 0.275 e. The van der Waals surface area contributed by atoms with Gasteiger partial charge in [0.1, 0.15) is 17.3 Å². The predicted molar refractivity (Wildman–Crippen MR) is 90.8 cm³/mol. The molecule has 0 saturated carbocycles. The van der Waals surface area contributed by atoms with Crippen LogP contribution >= 0.6 is 0 Å². The lowest BCUT2D eigenvalue weighted by molar-refractivity contribution is 0.102. The Kier molecular flexibility index (Phi) is 4.62. The normalized spacial score (nSPS) is 9.92. The molecule has 0 saturated heterocycles. The minimum absolute atomic E-state index is 0.147. The van der Waals surface area contributed by atoms with Crippen LogP contribution in [0.4, 0.5) is 21.6 Å². The van der Waals surface area contributed by atoms with Gasteiger partial charge in [-0.25, -0.2) is 14.4 Å². The van der Waals surface area contributed by atoms with E-state index in [1.54, 1.807) is 36.4 Å². The number of nitriles is 1. The van der Waals surface area contributed by atoms with E-state index in [9.17, 15) is 9.18 Å². The Hall–Kier alpha value is -3.79. The summed E-state index contributed by atoms with van der Waals surface area (Å²) in [5.74, 6) is -0.307. The van der Waals surface area contributed by atoms with Gasteiger partial charge in [-0.05, 0) is 48.5 Å². The largest absolute Gasteiger partial charge is 0.339 e. The van der Waals surface area contributed by atoms with Crippen molar-refractivity contribution in [2.45, 2.75) is 0 Å². The van der Waals surface area contributed by atoms with Gasteiger partial charge in [0.2, 0.25) is 0 Å². The fourth-order valence-corrected chi connectivity index (χ4v) is 2.01. The minimum atomic E-state index is -0.412. The quantitative estimate of drug-likeness (QED) is 0.763. The Balaban J connectivity index is 1.65. The molecule has 122 valence electrons. The van der Waals surface area contributed by atoms with Gasteiger partial charge in [-0.1, -0.05) is 0 Å². The summed E-state index contributed by atoms with van der Waals surface area (Å²) in [5, 5.41) is 14.4. The molecule has 0 atom stereocenters. The van der Waals surface area contributed by atoms with Gasteiger partial charge in [-0.3, -0.25) is 4.79 Å². The fraction of sp³-hybridized carbons (Fsp3) is 0. The monoisotopic (exact) mass is 333 g/mol. The van der Waals surface area contributed by atoms with Crippen LogP contribution in [0.15, 0.2) is 60.9 Å². The summed E-state index contributed by atoms with van der Waals surface area (Å²) < 4.78 is 12.9. The molecule has 0 aliphatic rings. The highest BCUT2D eigenvalue weighted by Gasteiger charge is 2.09. The van der Waals surface area contributed by atoms with Gasteiger partial charge < -0.3 is 10.6 Å². The Morgan fingerprint density at radius 2 is 1.64 bits per heavy atom.